The number of methoxy groups -OCH3 is 6. The van der Waals surface area contributed by atoms with E-state index in [0.717, 1.165) is 25.7 Å². The highest BCUT2D eigenvalue weighted by Gasteiger charge is 2.35. The SMILES string of the molecule is C=CC(=O)CCCCCCC(C)=O.C=CC(C)=O.COCC(COC)(COC)COCC(COC)(COC)COC. The smallest absolute Gasteiger partial charge is 0.155 e. The summed E-state index contributed by atoms with van der Waals surface area (Å²) >= 11 is 0. The van der Waals surface area contributed by atoms with Crippen LogP contribution in [0.5, 0.6) is 0 Å². The van der Waals surface area contributed by atoms with Crippen LogP contribution in [0.2, 0.25) is 0 Å². The summed E-state index contributed by atoms with van der Waals surface area (Å²) in [5.41, 5.74) is -0.700. The van der Waals surface area contributed by atoms with E-state index in [1.165, 1.54) is 19.1 Å². The largest absolute Gasteiger partial charge is 0.384 e. The maximum Gasteiger partial charge on any atom is 0.155 e. The fourth-order valence-corrected chi connectivity index (χ4v) is 3.95. The average Bonchev–Trinajstić information content (AvgIpc) is 2.92. The van der Waals surface area contributed by atoms with Crippen LogP contribution in [-0.2, 0) is 47.5 Å². The highest BCUT2D eigenvalue weighted by molar-refractivity contribution is 5.88. The van der Waals surface area contributed by atoms with Gasteiger partial charge in [-0.2, -0.15) is 0 Å². The van der Waals surface area contributed by atoms with Gasteiger partial charge in [0.05, 0.1) is 63.7 Å². The average molecular weight is 591 g/mol. The molecule has 0 aliphatic rings. The van der Waals surface area contributed by atoms with Crippen LogP contribution in [0.1, 0.15) is 52.4 Å². The van der Waals surface area contributed by atoms with Gasteiger partial charge in [0, 0.05) is 55.5 Å². The zero-order valence-electron chi connectivity index (χ0n) is 27.1. The van der Waals surface area contributed by atoms with E-state index in [4.69, 9.17) is 33.2 Å². The summed E-state index contributed by atoms with van der Waals surface area (Å²) in [7, 11) is 9.95. The Hall–Kier alpha value is -1.79. The summed E-state index contributed by atoms with van der Waals surface area (Å²) in [5, 5.41) is 0. The van der Waals surface area contributed by atoms with E-state index >= 15 is 0 Å². The van der Waals surface area contributed by atoms with E-state index < -0.39 is 0 Å². The van der Waals surface area contributed by atoms with Gasteiger partial charge in [-0.25, -0.2) is 0 Å². The second kappa shape index (κ2) is 29.7. The lowest BCUT2D eigenvalue weighted by atomic mass is 9.90. The van der Waals surface area contributed by atoms with Gasteiger partial charge < -0.3 is 38.0 Å². The van der Waals surface area contributed by atoms with Crippen LogP contribution in [0.3, 0.4) is 0 Å². The summed E-state index contributed by atoms with van der Waals surface area (Å²) in [5.74, 6) is 0.388. The van der Waals surface area contributed by atoms with Gasteiger partial charge in [-0.15, -0.1) is 0 Å². The fourth-order valence-electron chi connectivity index (χ4n) is 3.95. The third kappa shape index (κ3) is 26.8. The molecular formula is C31H58O10. The second-order valence-electron chi connectivity index (χ2n) is 10.2. The molecule has 0 bridgehead atoms. The normalized spacial score (nSPS) is 11.0. The molecule has 41 heavy (non-hydrogen) atoms. The Morgan fingerprint density at radius 1 is 0.537 bits per heavy atom. The van der Waals surface area contributed by atoms with Crippen LogP contribution < -0.4 is 0 Å². The molecule has 0 fully saturated rings. The number of allylic oxidation sites excluding steroid dienone is 2. The van der Waals surface area contributed by atoms with Crippen LogP contribution >= 0.6 is 0 Å². The molecule has 10 nitrogen and oxygen atoms in total. The number of ether oxygens (including phenoxy) is 7. The summed E-state index contributed by atoms with van der Waals surface area (Å²) in [4.78, 5) is 31.0. The van der Waals surface area contributed by atoms with Gasteiger partial charge in [0.1, 0.15) is 5.78 Å². The minimum Gasteiger partial charge on any atom is -0.384 e. The van der Waals surface area contributed by atoms with Gasteiger partial charge in [-0.1, -0.05) is 26.0 Å². The number of unbranched alkanes of at least 4 members (excludes halogenated alkanes) is 3. The molecule has 0 aromatic rings. The molecule has 0 saturated heterocycles. The molecule has 0 heterocycles. The number of carbonyl (C=O) groups is 3. The molecule has 0 N–H and O–H groups in total. The summed E-state index contributed by atoms with van der Waals surface area (Å²) < 4.78 is 37.9. The molecule has 0 amide bonds. The van der Waals surface area contributed by atoms with E-state index in [0.29, 0.717) is 65.7 Å². The first-order valence-electron chi connectivity index (χ1n) is 13.8. The Labute approximate surface area is 249 Å². The maximum absolute atomic E-state index is 10.8. The van der Waals surface area contributed by atoms with Crippen LogP contribution in [0.4, 0.5) is 0 Å². The number of carbonyl (C=O) groups excluding carboxylic acids is 3. The van der Waals surface area contributed by atoms with Gasteiger partial charge in [0.2, 0.25) is 0 Å². The lowest BCUT2D eigenvalue weighted by molar-refractivity contribution is -0.125. The molecule has 10 heteroatoms. The minimum absolute atomic E-state index is 0.0185. The van der Waals surface area contributed by atoms with Crippen LogP contribution in [0.15, 0.2) is 25.3 Å². The number of hydrogen-bond acceptors (Lipinski definition) is 10. The van der Waals surface area contributed by atoms with Crippen molar-refractivity contribution in [3.05, 3.63) is 25.3 Å². The van der Waals surface area contributed by atoms with Gasteiger partial charge in [-0.3, -0.25) is 9.59 Å². The molecule has 0 spiro atoms. The van der Waals surface area contributed by atoms with Crippen molar-refractivity contribution in [2.45, 2.75) is 52.4 Å². The monoisotopic (exact) mass is 590 g/mol. The molecule has 242 valence electrons. The zero-order chi connectivity index (χ0) is 32.0. The number of hydrogen-bond donors (Lipinski definition) is 0. The first-order valence-corrected chi connectivity index (χ1v) is 13.8. The molecular weight excluding hydrogens is 532 g/mol. The van der Waals surface area contributed by atoms with E-state index in [1.54, 1.807) is 49.6 Å². The number of Topliss-reactive ketones (excluding diaryl/α,β-unsaturated/α-hetero) is 1. The quantitative estimate of drug-likeness (QED) is 0.113. The fraction of sp³-hybridized carbons (Fsp3) is 0.774. The van der Waals surface area contributed by atoms with Crippen molar-refractivity contribution in [2.75, 3.05) is 95.5 Å². The van der Waals surface area contributed by atoms with Crippen molar-refractivity contribution in [3.8, 4) is 0 Å². The van der Waals surface area contributed by atoms with Crippen molar-refractivity contribution in [2.24, 2.45) is 10.8 Å². The Morgan fingerprint density at radius 2 is 0.854 bits per heavy atom. The van der Waals surface area contributed by atoms with Gasteiger partial charge >= 0.3 is 0 Å². The van der Waals surface area contributed by atoms with E-state index in [-0.39, 0.29) is 28.2 Å². The Bertz CT molecular complexity index is 618. The molecule has 0 radical (unpaired) electrons. The molecule has 0 saturated carbocycles. The Balaban J connectivity index is -0.000000670. The standard InChI is InChI=1S/C16H34O7.C11H18O2.C4H6O/c1-17-7-15(8-18-2,9-19-3)13-23-14-16(10-20-4,11-21-5)12-22-6;1-3-11(13)9-7-5-4-6-8-10(2)12;1-3-4(2)5/h7-14H2,1-6H3;3H,1,4-9H2,2H3;3H,1H2,2H3. The third-order valence-electron chi connectivity index (χ3n) is 5.74. The van der Waals surface area contributed by atoms with E-state index in [9.17, 15) is 14.4 Å². The van der Waals surface area contributed by atoms with Gasteiger partial charge in [0.15, 0.2) is 11.6 Å². The predicted molar refractivity (Wildman–Crippen MR) is 161 cm³/mol. The summed E-state index contributed by atoms with van der Waals surface area (Å²) in [6, 6.07) is 0. The molecule has 0 unspecified atom stereocenters. The summed E-state index contributed by atoms with van der Waals surface area (Å²) in [6.07, 6.45) is 7.88. The molecule has 0 aliphatic heterocycles. The second-order valence-corrected chi connectivity index (χ2v) is 10.2. The Morgan fingerprint density at radius 3 is 1.10 bits per heavy atom. The topological polar surface area (TPSA) is 116 Å². The molecule has 0 aromatic carbocycles. The lowest BCUT2D eigenvalue weighted by Crippen LogP contribution is -2.45. The van der Waals surface area contributed by atoms with Gasteiger partial charge in [-0.05, 0) is 38.8 Å². The number of rotatable bonds is 25. The van der Waals surface area contributed by atoms with Crippen LogP contribution in [0.25, 0.3) is 0 Å². The van der Waals surface area contributed by atoms with Crippen molar-refractivity contribution in [3.63, 3.8) is 0 Å². The minimum atomic E-state index is -0.350. The Kier molecular flexibility index (Phi) is 31.6. The highest BCUT2D eigenvalue weighted by atomic mass is 16.5. The van der Waals surface area contributed by atoms with Crippen molar-refractivity contribution >= 4 is 17.3 Å². The predicted octanol–water partition coefficient (Wildman–Crippen LogP) is 4.29. The first-order chi connectivity index (χ1) is 19.5. The van der Waals surface area contributed by atoms with Crippen LogP contribution in [0, 0.1) is 10.8 Å². The van der Waals surface area contributed by atoms with Gasteiger partial charge in [0.25, 0.3) is 0 Å². The number of ketones is 3. The third-order valence-corrected chi connectivity index (χ3v) is 5.74. The van der Waals surface area contributed by atoms with E-state index in [2.05, 4.69) is 13.2 Å². The molecule has 0 rings (SSSR count). The summed E-state index contributed by atoms with van der Waals surface area (Å²) in [6.45, 7) is 13.5. The van der Waals surface area contributed by atoms with Crippen molar-refractivity contribution in [1.82, 2.24) is 0 Å². The van der Waals surface area contributed by atoms with Crippen LogP contribution in [-0.4, -0.2) is 113 Å². The molecule has 0 aromatic heterocycles. The molecule has 0 atom stereocenters. The maximum atomic E-state index is 10.8. The van der Waals surface area contributed by atoms with Crippen molar-refractivity contribution in [1.29, 1.82) is 0 Å². The first kappa shape index (κ1) is 43.7. The van der Waals surface area contributed by atoms with Crippen molar-refractivity contribution < 1.29 is 47.5 Å². The zero-order valence-corrected chi connectivity index (χ0v) is 27.1. The highest BCUT2D eigenvalue weighted by Crippen LogP contribution is 2.24. The molecule has 0 aliphatic carbocycles. The lowest BCUT2D eigenvalue weighted by Gasteiger charge is -2.35. The van der Waals surface area contributed by atoms with E-state index in [1.807, 2.05) is 0 Å².